The quantitative estimate of drug-likeness (QED) is 0.787. The van der Waals surface area contributed by atoms with E-state index in [1.54, 1.807) is 6.07 Å². The van der Waals surface area contributed by atoms with Crippen molar-refractivity contribution in [3.05, 3.63) is 34.1 Å². The van der Waals surface area contributed by atoms with Gasteiger partial charge in [-0.3, -0.25) is 4.90 Å². The lowest BCUT2D eigenvalue weighted by molar-refractivity contribution is 0.176. The molecule has 1 aromatic carbocycles. The zero-order valence-electron chi connectivity index (χ0n) is 10.3. The third-order valence-corrected chi connectivity index (χ3v) is 4.09. The maximum atomic E-state index is 13.7. The first kappa shape index (κ1) is 13.0. The average molecular weight is 300 g/mol. The van der Waals surface area contributed by atoms with Gasteiger partial charge >= 0.3 is 0 Å². The summed E-state index contributed by atoms with van der Waals surface area (Å²) in [4.78, 5) is 2.34. The summed E-state index contributed by atoms with van der Waals surface area (Å²) in [7, 11) is 0. The topological polar surface area (TPSA) is 3.24 Å². The maximum absolute atomic E-state index is 13.7. The Labute approximate surface area is 111 Å². The van der Waals surface area contributed by atoms with E-state index in [1.165, 1.54) is 19.3 Å². The molecule has 0 bridgehead atoms. The minimum absolute atomic E-state index is 0.105. The summed E-state index contributed by atoms with van der Waals surface area (Å²) in [6.45, 7) is 4.99. The Kier molecular flexibility index (Phi) is 4.57. The fraction of sp³-hybridized carbons (Fsp3) is 0.571. The molecule has 0 amide bonds. The minimum atomic E-state index is -0.105. The predicted molar refractivity (Wildman–Crippen MR) is 72.4 cm³/mol. The maximum Gasteiger partial charge on any atom is 0.128 e. The van der Waals surface area contributed by atoms with Crippen molar-refractivity contribution < 1.29 is 4.39 Å². The highest BCUT2D eigenvalue weighted by molar-refractivity contribution is 9.10. The molecule has 0 radical (unpaired) electrons. The molecule has 0 aromatic heterocycles. The van der Waals surface area contributed by atoms with Gasteiger partial charge in [-0.15, -0.1) is 0 Å². The Morgan fingerprint density at radius 1 is 1.41 bits per heavy atom. The Bertz CT molecular complexity index is 376. The highest BCUT2D eigenvalue weighted by Gasteiger charge is 2.20. The molecule has 3 heteroatoms. The van der Waals surface area contributed by atoms with Crippen molar-refractivity contribution in [1.82, 2.24) is 4.90 Å². The summed E-state index contributed by atoms with van der Waals surface area (Å²) in [6, 6.07) is 5.34. The second-order valence-corrected chi connectivity index (χ2v) is 5.78. The van der Waals surface area contributed by atoms with Gasteiger partial charge in [0.25, 0.3) is 0 Å². The van der Waals surface area contributed by atoms with E-state index in [2.05, 4.69) is 27.8 Å². The number of nitrogens with zero attached hydrogens (tertiary/aromatic N) is 1. The van der Waals surface area contributed by atoms with E-state index in [9.17, 15) is 4.39 Å². The Hall–Kier alpha value is -0.410. The van der Waals surface area contributed by atoms with Crippen molar-refractivity contribution in [1.29, 1.82) is 0 Å². The van der Waals surface area contributed by atoms with E-state index < -0.39 is 0 Å². The van der Waals surface area contributed by atoms with Crippen LogP contribution >= 0.6 is 15.9 Å². The largest absolute Gasteiger partial charge is 0.299 e. The number of halogens is 2. The van der Waals surface area contributed by atoms with E-state index in [4.69, 9.17) is 0 Å². The first-order valence-corrected chi connectivity index (χ1v) is 7.14. The first-order valence-electron chi connectivity index (χ1n) is 6.35. The van der Waals surface area contributed by atoms with Gasteiger partial charge in [-0.25, -0.2) is 4.39 Å². The molecular weight excluding hydrogens is 281 g/mol. The zero-order chi connectivity index (χ0) is 12.3. The average Bonchev–Trinajstić information content (AvgIpc) is 2.24. The van der Waals surface area contributed by atoms with Gasteiger partial charge < -0.3 is 0 Å². The van der Waals surface area contributed by atoms with Crippen molar-refractivity contribution in [2.45, 2.75) is 32.7 Å². The monoisotopic (exact) mass is 299 g/mol. The molecule has 0 atom stereocenters. The molecule has 0 spiro atoms. The van der Waals surface area contributed by atoms with Crippen LogP contribution in [0.3, 0.4) is 0 Å². The van der Waals surface area contributed by atoms with Crippen LogP contribution in [0.1, 0.15) is 31.7 Å². The van der Waals surface area contributed by atoms with Crippen LogP contribution < -0.4 is 0 Å². The molecule has 1 fully saturated rings. The molecule has 0 unspecified atom stereocenters. The van der Waals surface area contributed by atoms with Crippen molar-refractivity contribution in [2.24, 2.45) is 5.92 Å². The van der Waals surface area contributed by atoms with Crippen LogP contribution in [0.25, 0.3) is 0 Å². The fourth-order valence-corrected chi connectivity index (χ4v) is 2.57. The third-order valence-electron chi connectivity index (χ3n) is 3.60. The molecule has 0 heterocycles. The normalized spacial score (nSPS) is 16.2. The van der Waals surface area contributed by atoms with Gasteiger partial charge in [-0.2, -0.15) is 0 Å². The molecule has 0 aliphatic heterocycles. The molecule has 2 rings (SSSR count). The van der Waals surface area contributed by atoms with Gasteiger partial charge in [0, 0.05) is 23.1 Å². The van der Waals surface area contributed by atoms with Gasteiger partial charge in [-0.05, 0) is 37.4 Å². The number of hydrogen-bond donors (Lipinski definition) is 0. The van der Waals surface area contributed by atoms with Gasteiger partial charge in [0.2, 0.25) is 0 Å². The third kappa shape index (κ3) is 3.52. The molecule has 0 N–H and O–H groups in total. The summed E-state index contributed by atoms with van der Waals surface area (Å²) >= 11 is 3.29. The SMILES string of the molecule is CCN(Cc1ccc(Br)cc1F)CC1CCC1. The number of hydrogen-bond acceptors (Lipinski definition) is 1. The lowest BCUT2D eigenvalue weighted by Gasteiger charge is -2.31. The lowest BCUT2D eigenvalue weighted by atomic mass is 9.85. The van der Waals surface area contributed by atoms with Crippen molar-refractivity contribution in [3.63, 3.8) is 0 Å². The molecule has 17 heavy (non-hydrogen) atoms. The van der Waals surface area contributed by atoms with Crippen LogP contribution in [0.5, 0.6) is 0 Å². The molecule has 0 saturated heterocycles. The van der Waals surface area contributed by atoms with Crippen LogP contribution in [-0.4, -0.2) is 18.0 Å². The Morgan fingerprint density at radius 3 is 2.71 bits per heavy atom. The molecule has 1 aliphatic rings. The van der Waals surface area contributed by atoms with Crippen LogP contribution in [0.4, 0.5) is 4.39 Å². The van der Waals surface area contributed by atoms with Gasteiger partial charge in [0.15, 0.2) is 0 Å². The van der Waals surface area contributed by atoms with E-state index >= 15 is 0 Å². The second-order valence-electron chi connectivity index (χ2n) is 4.86. The summed E-state index contributed by atoms with van der Waals surface area (Å²) in [5, 5.41) is 0. The van der Waals surface area contributed by atoms with Crippen LogP contribution in [-0.2, 0) is 6.54 Å². The van der Waals surface area contributed by atoms with E-state index in [0.717, 1.165) is 35.6 Å². The fourth-order valence-electron chi connectivity index (χ4n) is 2.24. The molecule has 1 aromatic rings. The van der Waals surface area contributed by atoms with E-state index in [1.807, 2.05) is 12.1 Å². The molecule has 1 aliphatic carbocycles. The summed E-state index contributed by atoms with van der Waals surface area (Å²) < 4.78 is 14.5. The Balaban J connectivity index is 1.96. The molecule has 1 nitrogen and oxygen atoms in total. The predicted octanol–water partition coefficient (Wildman–Crippen LogP) is 4.21. The molecular formula is C14H19BrFN. The first-order chi connectivity index (χ1) is 8.19. The van der Waals surface area contributed by atoms with Crippen LogP contribution in [0, 0.1) is 11.7 Å². The number of rotatable bonds is 5. The van der Waals surface area contributed by atoms with Crippen molar-refractivity contribution in [2.75, 3.05) is 13.1 Å². The molecule has 94 valence electrons. The highest BCUT2D eigenvalue weighted by Crippen LogP contribution is 2.27. The van der Waals surface area contributed by atoms with Gasteiger partial charge in [0.05, 0.1) is 0 Å². The number of benzene rings is 1. The van der Waals surface area contributed by atoms with E-state index in [0.29, 0.717) is 0 Å². The van der Waals surface area contributed by atoms with Crippen molar-refractivity contribution >= 4 is 15.9 Å². The van der Waals surface area contributed by atoms with Gasteiger partial charge in [0.1, 0.15) is 5.82 Å². The minimum Gasteiger partial charge on any atom is -0.299 e. The molecule has 1 saturated carbocycles. The zero-order valence-corrected chi connectivity index (χ0v) is 11.8. The van der Waals surface area contributed by atoms with Crippen LogP contribution in [0.15, 0.2) is 22.7 Å². The standard InChI is InChI=1S/C14H19BrFN/c1-2-17(9-11-4-3-5-11)10-12-6-7-13(15)8-14(12)16/h6-8,11H,2-5,9-10H2,1H3. The second kappa shape index (κ2) is 5.96. The smallest absolute Gasteiger partial charge is 0.128 e. The Morgan fingerprint density at radius 2 is 2.18 bits per heavy atom. The van der Waals surface area contributed by atoms with E-state index in [-0.39, 0.29) is 5.82 Å². The lowest BCUT2D eigenvalue weighted by Crippen LogP contribution is -2.32. The van der Waals surface area contributed by atoms with Crippen LogP contribution in [0.2, 0.25) is 0 Å². The summed E-state index contributed by atoms with van der Waals surface area (Å²) in [5.74, 6) is 0.736. The highest BCUT2D eigenvalue weighted by atomic mass is 79.9. The van der Waals surface area contributed by atoms with Crippen molar-refractivity contribution in [3.8, 4) is 0 Å². The summed E-state index contributed by atoms with van der Waals surface area (Å²) in [5.41, 5.74) is 0.800. The van der Waals surface area contributed by atoms with Gasteiger partial charge in [-0.1, -0.05) is 35.3 Å². The summed E-state index contributed by atoms with van der Waals surface area (Å²) in [6.07, 6.45) is 4.06.